The quantitative estimate of drug-likeness (QED) is 0.648. The molecule has 18 heavy (non-hydrogen) atoms. The molecule has 0 aliphatic heterocycles. The Morgan fingerprint density at radius 1 is 1.00 bits per heavy atom. The topological polar surface area (TPSA) is 52.0 Å². The first-order chi connectivity index (χ1) is 8.53. The van der Waals surface area contributed by atoms with E-state index in [2.05, 4.69) is 19.9 Å². The van der Waals surface area contributed by atoms with E-state index in [1.165, 1.54) is 51.4 Å². The molecule has 0 unspecified atom stereocenters. The predicted octanol–water partition coefficient (Wildman–Crippen LogP) is 3.36. The number of hydrogen-bond acceptors (Lipinski definition) is 2. The fourth-order valence-electron chi connectivity index (χ4n) is 3.86. The molecule has 3 aliphatic rings. The largest absolute Gasteiger partial charge is 0.328 e. The molecule has 0 aromatic rings. The van der Waals surface area contributed by atoms with Crippen LogP contribution in [0.1, 0.15) is 65.2 Å². The molecule has 0 saturated heterocycles. The van der Waals surface area contributed by atoms with E-state index in [1.54, 1.807) is 5.57 Å². The molecule has 1 spiro atoms. The Hall–Kier alpha value is -0.340. The molecule has 3 fully saturated rings. The van der Waals surface area contributed by atoms with Crippen molar-refractivity contribution in [2.24, 2.45) is 22.8 Å². The summed E-state index contributed by atoms with van der Waals surface area (Å²) in [7, 11) is 0. The number of nitrogens with two attached hydrogens (primary N) is 2. The maximum atomic E-state index is 5.67. The average molecular weight is 250 g/mol. The highest BCUT2D eigenvalue weighted by Crippen LogP contribution is 2.54. The van der Waals surface area contributed by atoms with Crippen molar-refractivity contribution >= 4 is 0 Å². The molecule has 3 saturated carbocycles. The second kappa shape index (κ2) is 5.75. The minimum absolute atomic E-state index is 0.498. The first-order valence-corrected chi connectivity index (χ1v) is 7.68. The third-order valence-corrected chi connectivity index (χ3v) is 5.11. The minimum atomic E-state index is 0.498. The standard InChI is InChI=1S/C9H16.C7H14N2/c1-3-9-6-4-8(2)5-7-9;8-5-1-7(2-5)3-6(9)4-7/h3,8H,4-7H2,1-2H3;5-6H,1-4,8-9H2. The lowest BCUT2D eigenvalue weighted by Gasteiger charge is -2.56. The Morgan fingerprint density at radius 3 is 1.78 bits per heavy atom. The van der Waals surface area contributed by atoms with E-state index in [9.17, 15) is 0 Å². The van der Waals surface area contributed by atoms with Crippen LogP contribution in [-0.4, -0.2) is 12.1 Å². The van der Waals surface area contributed by atoms with Crippen molar-refractivity contribution < 1.29 is 0 Å². The van der Waals surface area contributed by atoms with Crippen LogP contribution < -0.4 is 11.5 Å². The first kappa shape index (κ1) is 14.1. The van der Waals surface area contributed by atoms with Gasteiger partial charge in [0, 0.05) is 12.1 Å². The maximum Gasteiger partial charge on any atom is 0.00494 e. The lowest BCUT2D eigenvalue weighted by Crippen LogP contribution is -2.57. The molecule has 0 bridgehead atoms. The van der Waals surface area contributed by atoms with Crippen molar-refractivity contribution in [3.05, 3.63) is 11.6 Å². The molecular formula is C16H30N2. The predicted molar refractivity (Wildman–Crippen MR) is 78.2 cm³/mol. The Kier molecular flexibility index (Phi) is 4.50. The molecule has 3 aliphatic carbocycles. The van der Waals surface area contributed by atoms with Gasteiger partial charge in [-0.15, -0.1) is 0 Å². The van der Waals surface area contributed by atoms with E-state index >= 15 is 0 Å². The summed E-state index contributed by atoms with van der Waals surface area (Å²) in [6, 6.07) is 0.995. The highest BCUT2D eigenvalue weighted by Gasteiger charge is 2.50. The van der Waals surface area contributed by atoms with Crippen LogP contribution in [0.3, 0.4) is 0 Å². The summed E-state index contributed by atoms with van der Waals surface area (Å²) < 4.78 is 0. The fraction of sp³-hybridized carbons (Fsp3) is 0.875. The monoisotopic (exact) mass is 250 g/mol. The Balaban J connectivity index is 0.000000134. The van der Waals surface area contributed by atoms with Crippen LogP contribution in [0.5, 0.6) is 0 Å². The van der Waals surface area contributed by atoms with Gasteiger partial charge in [-0.25, -0.2) is 0 Å². The molecule has 0 heterocycles. The maximum absolute atomic E-state index is 5.67. The van der Waals surface area contributed by atoms with Crippen LogP contribution >= 0.6 is 0 Å². The number of allylic oxidation sites excluding steroid dienone is 2. The second-order valence-electron chi connectivity index (χ2n) is 6.97. The molecule has 104 valence electrons. The van der Waals surface area contributed by atoms with Crippen molar-refractivity contribution in [3.8, 4) is 0 Å². The first-order valence-electron chi connectivity index (χ1n) is 7.68. The lowest BCUT2D eigenvalue weighted by atomic mass is 9.52. The summed E-state index contributed by atoms with van der Waals surface area (Å²) in [5.41, 5.74) is 13.6. The molecule has 4 N–H and O–H groups in total. The van der Waals surface area contributed by atoms with Crippen molar-refractivity contribution in [1.29, 1.82) is 0 Å². The van der Waals surface area contributed by atoms with Gasteiger partial charge in [-0.2, -0.15) is 0 Å². The minimum Gasteiger partial charge on any atom is -0.328 e. The van der Waals surface area contributed by atoms with E-state index < -0.39 is 0 Å². The summed E-state index contributed by atoms with van der Waals surface area (Å²) in [4.78, 5) is 0. The molecular weight excluding hydrogens is 220 g/mol. The van der Waals surface area contributed by atoms with Crippen molar-refractivity contribution in [3.63, 3.8) is 0 Å². The van der Waals surface area contributed by atoms with Crippen LogP contribution in [0.25, 0.3) is 0 Å². The van der Waals surface area contributed by atoms with Gasteiger partial charge in [0.15, 0.2) is 0 Å². The van der Waals surface area contributed by atoms with Crippen LogP contribution in [-0.2, 0) is 0 Å². The highest BCUT2D eigenvalue weighted by atomic mass is 14.8. The molecule has 3 rings (SSSR count). The van der Waals surface area contributed by atoms with Gasteiger partial charge in [0.1, 0.15) is 0 Å². The van der Waals surface area contributed by atoms with E-state index in [0.717, 1.165) is 5.92 Å². The Bertz CT molecular complexity index is 267. The van der Waals surface area contributed by atoms with Crippen molar-refractivity contribution in [2.45, 2.75) is 77.3 Å². The zero-order chi connectivity index (χ0) is 13.2. The van der Waals surface area contributed by atoms with Gasteiger partial charge >= 0.3 is 0 Å². The van der Waals surface area contributed by atoms with Crippen LogP contribution in [0.15, 0.2) is 11.6 Å². The van der Waals surface area contributed by atoms with Crippen LogP contribution in [0.4, 0.5) is 0 Å². The van der Waals surface area contributed by atoms with E-state index in [4.69, 9.17) is 11.5 Å². The average Bonchev–Trinajstić information content (AvgIpc) is 2.27. The Labute approximate surface area is 112 Å². The third kappa shape index (κ3) is 3.36. The fourth-order valence-corrected chi connectivity index (χ4v) is 3.86. The van der Waals surface area contributed by atoms with Gasteiger partial charge < -0.3 is 11.5 Å². The molecule has 0 aromatic carbocycles. The van der Waals surface area contributed by atoms with Gasteiger partial charge in [-0.3, -0.25) is 0 Å². The summed E-state index contributed by atoms with van der Waals surface area (Å²) in [6.45, 7) is 4.51. The molecule has 0 aromatic heterocycles. The summed E-state index contributed by atoms with van der Waals surface area (Å²) in [5, 5.41) is 0. The molecule has 2 nitrogen and oxygen atoms in total. The van der Waals surface area contributed by atoms with Crippen LogP contribution in [0, 0.1) is 11.3 Å². The normalized spacial score (nSPS) is 42.4. The summed E-state index contributed by atoms with van der Waals surface area (Å²) >= 11 is 0. The Morgan fingerprint density at radius 2 is 1.44 bits per heavy atom. The van der Waals surface area contributed by atoms with Gasteiger partial charge in [0.25, 0.3) is 0 Å². The summed E-state index contributed by atoms with van der Waals surface area (Å²) in [5.74, 6) is 0.980. The molecule has 2 heteroatoms. The molecule has 0 amide bonds. The summed E-state index contributed by atoms with van der Waals surface area (Å²) in [6.07, 6.45) is 12.8. The zero-order valence-corrected chi connectivity index (χ0v) is 12.1. The van der Waals surface area contributed by atoms with Gasteiger partial charge in [0.2, 0.25) is 0 Å². The van der Waals surface area contributed by atoms with Gasteiger partial charge in [-0.05, 0) is 69.6 Å². The van der Waals surface area contributed by atoms with E-state index in [1.807, 2.05) is 0 Å². The van der Waals surface area contributed by atoms with Gasteiger partial charge in [0.05, 0.1) is 0 Å². The third-order valence-electron chi connectivity index (χ3n) is 5.11. The zero-order valence-electron chi connectivity index (χ0n) is 12.1. The number of hydrogen-bond donors (Lipinski definition) is 2. The van der Waals surface area contributed by atoms with Crippen molar-refractivity contribution in [2.75, 3.05) is 0 Å². The van der Waals surface area contributed by atoms with Gasteiger partial charge in [-0.1, -0.05) is 18.6 Å². The number of rotatable bonds is 0. The second-order valence-corrected chi connectivity index (χ2v) is 6.97. The van der Waals surface area contributed by atoms with E-state index in [-0.39, 0.29) is 0 Å². The SMILES string of the molecule is CC=C1CCC(C)CC1.NC1CC2(C1)CC(N)C2. The molecule has 0 atom stereocenters. The van der Waals surface area contributed by atoms with Crippen molar-refractivity contribution in [1.82, 2.24) is 0 Å². The lowest BCUT2D eigenvalue weighted by molar-refractivity contribution is -0.00523. The highest BCUT2D eigenvalue weighted by molar-refractivity contribution is 5.06. The van der Waals surface area contributed by atoms with Crippen LogP contribution in [0.2, 0.25) is 0 Å². The smallest absolute Gasteiger partial charge is 0.00494 e. The molecule has 0 radical (unpaired) electrons. The van der Waals surface area contributed by atoms with E-state index in [0.29, 0.717) is 17.5 Å².